The maximum atomic E-state index is 5.45. The SMILES string of the molecule is C=CN(CCc1cc(OC)ccc1OC)Cc1ccccc1OC. The normalized spacial score (nSPS) is 10.1. The first kappa shape index (κ1) is 17.7. The van der Waals surface area contributed by atoms with E-state index in [1.807, 2.05) is 42.6 Å². The Bertz CT molecular complexity index is 670. The summed E-state index contributed by atoms with van der Waals surface area (Å²) >= 11 is 0. The van der Waals surface area contributed by atoms with Crippen LogP contribution >= 0.6 is 0 Å². The molecular formula is C20H25NO3. The van der Waals surface area contributed by atoms with E-state index in [1.165, 1.54) is 0 Å². The lowest BCUT2D eigenvalue weighted by atomic mass is 10.1. The number of hydrogen-bond acceptors (Lipinski definition) is 4. The summed E-state index contributed by atoms with van der Waals surface area (Å²) < 4.78 is 16.2. The molecule has 0 aliphatic rings. The van der Waals surface area contributed by atoms with E-state index in [2.05, 4.69) is 17.5 Å². The highest BCUT2D eigenvalue weighted by Gasteiger charge is 2.09. The third kappa shape index (κ3) is 4.44. The predicted molar refractivity (Wildman–Crippen MR) is 96.9 cm³/mol. The quantitative estimate of drug-likeness (QED) is 0.699. The van der Waals surface area contributed by atoms with Gasteiger partial charge in [-0.3, -0.25) is 0 Å². The molecule has 0 bridgehead atoms. The van der Waals surface area contributed by atoms with Crippen LogP contribution in [-0.2, 0) is 13.0 Å². The Hall–Kier alpha value is -2.62. The third-order valence-corrected chi connectivity index (χ3v) is 3.98. The van der Waals surface area contributed by atoms with Crippen LogP contribution in [0.25, 0.3) is 0 Å². The Morgan fingerprint density at radius 3 is 2.29 bits per heavy atom. The molecule has 2 aromatic carbocycles. The lowest BCUT2D eigenvalue weighted by Gasteiger charge is -2.22. The molecule has 2 rings (SSSR count). The van der Waals surface area contributed by atoms with Gasteiger partial charge in [-0.05, 0) is 42.4 Å². The second kappa shape index (κ2) is 8.87. The zero-order valence-corrected chi connectivity index (χ0v) is 14.6. The van der Waals surface area contributed by atoms with Crippen LogP contribution in [0.5, 0.6) is 17.2 Å². The van der Waals surface area contributed by atoms with Gasteiger partial charge < -0.3 is 19.1 Å². The molecule has 0 radical (unpaired) electrons. The van der Waals surface area contributed by atoms with Gasteiger partial charge in [-0.25, -0.2) is 0 Å². The minimum absolute atomic E-state index is 0.750. The molecule has 0 unspecified atom stereocenters. The molecule has 4 nitrogen and oxygen atoms in total. The standard InChI is InChI=1S/C20H25NO3/c1-5-21(15-17-8-6-7-9-19(17)23-3)13-12-16-14-18(22-2)10-11-20(16)24-4/h5-11,14H,1,12-13,15H2,2-4H3. The minimum atomic E-state index is 0.750. The molecular weight excluding hydrogens is 302 g/mol. The van der Waals surface area contributed by atoms with Crippen molar-refractivity contribution in [3.63, 3.8) is 0 Å². The number of hydrogen-bond donors (Lipinski definition) is 0. The molecule has 0 aliphatic heterocycles. The molecule has 0 aromatic heterocycles. The van der Waals surface area contributed by atoms with Gasteiger partial charge in [0, 0.05) is 18.7 Å². The van der Waals surface area contributed by atoms with Crippen LogP contribution in [0.2, 0.25) is 0 Å². The van der Waals surface area contributed by atoms with Crippen molar-refractivity contribution in [2.45, 2.75) is 13.0 Å². The van der Waals surface area contributed by atoms with Crippen molar-refractivity contribution in [2.75, 3.05) is 27.9 Å². The number of rotatable bonds is 9. The average Bonchev–Trinajstić information content (AvgIpc) is 2.65. The highest BCUT2D eigenvalue weighted by atomic mass is 16.5. The smallest absolute Gasteiger partial charge is 0.123 e. The van der Waals surface area contributed by atoms with Crippen LogP contribution in [0.3, 0.4) is 0 Å². The highest BCUT2D eigenvalue weighted by Crippen LogP contribution is 2.25. The highest BCUT2D eigenvalue weighted by molar-refractivity contribution is 5.40. The van der Waals surface area contributed by atoms with Crippen LogP contribution in [0.15, 0.2) is 55.2 Å². The zero-order chi connectivity index (χ0) is 17.4. The van der Waals surface area contributed by atoms with Gasteiger partial charge in [-0.2, -0.15) is 0 Å². The van der Waals surface area contributed by atoms with Gasteiger partial charge in [0.05, 0.1) is 21.3 Å². The molecule has 24 heavy (non-hydrogen) atoms. The Morgan fingerprint density at radius 2 is 1.62 bits per heavy atom. The fourth-order valence-corrected chi connectivity index (χ4v) is 2.63. The van der Waals surface area contributed by atoms with E-state index in [0.29, 0.717) is 0 Å². The van der Waals surface area contributed by atoms with Gasteiger partial charge in [0.2, 0.25) is 0 Å². The summed E-state index contributed by atoms with van der Waals surface area (Å²) in [5.74, 6) is 2.60. The van der Waals surface area contributed by atoms with E-state index >= 15 is 0 Å². The summed E-state index contributed by atoms with van der Waals surface area (Å²) in [6.07, 6.45) is 2.70. The van der Waals surface area contributed by atoms with E-state index in [-0.39, 0.29) is 0 Å². The molecule has 0 fully saturated rings. The van der Waals surface area contributed by atoms with Crippen molar-refractivity contribution in [1.29, 1.82) is 0 Å². The first-order valence-corrected chi connectivity index (χ1v) is 7.91. The van der Waals surface area contributed by atoms with Gasteiger partial charge in [-0.15, -0.1) is 0 Å². The Morgan fingerprint density at radius 1 is 0.917 bits per heavy atom. The summed E-state index contributed by atoms with van der Waals surface area (Å²) in [5.41, 5.74) is 2.25. The Balaban J connectivity index is 2.07. The van der Waals surface area contributed by atoms with E-state index in [1.54, 1.807) is 21.3 Å². The van der Waals surface area contributed by atoms with Crippen molar-refractivity contribution >= 4 is 0 Å². The van der Waals surface area contributed by atoms with E-state index in [0.717, 1.165) is 47.9 Å². The minimum Gasteiger partial charge on any atom is -0.497 e. The summed E-state index contributed by atoms with van der Waals surface area (Å²) in [7, 11) is 5.05. The van der Waals surface area contributed by atoms with Crippen molar-refractivity contribution < 1.29 is 14.2 Å². The maximum Gasteiger partial charge on any atom is 0.123 e. The van der Waals surface area contributed by atoms with Crippen molar-refractivity contribution in [3.05, 3.63) is 66.4 Å². The molecule has 0 atom stereocenters. The van der Waals surface area contributed by atoms with Crippen LogP contribution in [0.1, 0.15) is 11.1 Å². The predicted octanol–water partition coefficient (Wildman–Crippen LogP) is 3.90. The fourth-order valence-electron chi connectivity index (χ4n) is 2.63. The van der Waals surface area contributed by atoms with Crippen LogP contribution in [0.4, 0.5) is 0 Å². The number of ether oxygens (including phenoxy) is 3. The molecule has 0 heterocycles. The van der Waals surface area contributed by atoms with Crippen molar-refractivity contribution in [3.8, 4) is 17.2 Å². The van der Waals surface area contributed by atoms with Crippen LogP contribution < -0.4 is 14.2 Å². The number of benzene rings is 2. The largest absolute Gasteiger partial charge is 0.497 e. The fraction of sp³-hybridized carbons (Fsp3) is 0.300. The van der Waals surface area contributed by atoms with Crippen LogP contribution in [-0.4, -0.2) is 32.8 Å². The summed E-state index contributed by atoms with van der Waals surface area (Å²) in [6, 6.07) is 13.9. The number of methoxy groups -OCH3 is 3. The second-order valence-electron chi connectivity index (χ2n) is 5.39. The monoisotopic (exact) mass is 327 g/mol. The molecule has 0 amide bonds. The Labute approximate surface area is 144 Å². The zero-order valence-electron chi connectivity index (χ0n) is 14.6. The molecule has 0 aliphatic carbocycles. The van der Waals surface area contributed by atoms with E-state index in [9.17, 15) is 0 Å². The lowest BCUT2D eigenvalue weighted by Crippen LogP contribution is -2.20. The van der Waals surface area contributed by atoms with Crippen LogP contribution in [0, 0.1) is 0 Å². The molecule has 0 saturated carbocycles. The molecule has 0 saturated heterocycles. The van der Waals surface area contributed by atoms with Gasteiger partial charge >= 0.3 is 0 Å². The first-order chi connectivity index (χ1) is 11.7. The van der Waals surface area contributed by atoms with E-state index < -0.39 is 0 Å². The summed E-state index contributed by atoms with van der Waals surface area (Å²) in [4.78, 5) is 2.16. The maximum absolute atomic E-state index is 5.45. The Kier molecular flexibility index (Phi) is 6.55. The topological polar surface area (TPSA) is 30.9 Å². The van der Waals surface area contributed by atoms with Gasteiger partial charge in [0.15, 0.2) is 0 Å². The number of nitrogens with zero attached hydrogens (tertiary/aromatic N) is 1. The second-order valence-corrected chi connectivity index (χ2v) is 5.39. The molecule has 128 valence electrons. The number of para-hydroxylation sites is 1. The summed E-state index contributed by atoms with van der Waals surface area (Å²) in [6.45, 7) is 5.50. The molecule has 4 heteroatoms. The average molecular weight is 327 g/mol. The van der Waals surface area contributed by atoms with Crippen molar-refractivity contribution in [2.24, 2.45) is 0 Å². The molecule has 0 spiro atoms. The first-order valence-electron chi connectivity index (χ1n) is 7.91. The van der Waals surface area contributed by atoms with Gasteiger partial charge in [0.1, 0.15) is 17.2 Å². The molecule has 2 aromatic rings. The van der Waals surface area contributed by atoms with E-state index in [4.69, 9.17) is 14.2 Å². The third-order valence-electron chi connectivity index (χ3n) is 3.98. The summed E-state index contributed by atoms with van der Waals surface area (Å²) in [5, 5.41) is 0. The lowest BCUT2D eigenvalue weighted by molar-refractivity contribution is 0.351. The molecule has 0 N–H and O–H groups in total. The van der Waals surface area contributed by atoms with Gasteiger partial charge in [-0.1, -0.05) is 24.8 Å². The van der Waals surface area contributed by atoms with Crippen molar-refractivity contribution in [1.82, 2.24) is 4.90 Å². The van der Waals surface area contributed by atoms with Gasteiger partial charge in [0.25, 0.3) is 0 Å².